The first-order valence-corrected chi connectivity index (χ1v) is 6.20. The van der Waals surface area contributed by atoms with Crippen LogP contribution in [0.15, 0.2) is 48.5 Å². The van der Waals surface area contributed by atoms with Crippen molar-refractivity contribution in [2.45, 2.75) is 13.1 Å². The third-order valence-electron chi connectivity index (χ3n) is 2.55. The summed E-state index contributed by atoms with van der Waals surface area (Å²) in [5.41, 5.74) is 2.20. The molecule has 0 aliphatic carbocycles. The second kappa shape index (κ2) is 7.65. The number of hydrogen-bond donors (Lipinski definition) is 1. The number of rotatable bonds is 4. The maximum atomic E-state index is 6.07. The lowest BCUT2D eigenvalue weighted by Crippen LogP contribution is -2.13. The lowest BCUT2D eigenvalue weighted by Gasteiger charge is -2.07. The fourth-order valence-corrected chi connectivity index (χ4v) is 2.02. The average Bonchev–Trinajstić information content (AvgIpc) is 2.34. The highest BCUT2D eigenvalue weighted by Crippen LogP contribution is 2.16. The smallest absolute Gasteiger partial charge is 0.0450 e. The summed E-state index contributed by atoms with van der Waals surface area (Å²) in [4.78, 5) is 0. The van der Waals surface area contributed by atoms with E-state index in [1.807, 2.05) is 48.5 Å². The van der Waals surface area contributed by atoms with Crippen LogP contribution in [0, 0.1) is 0 Å². The van der Waals surface area contributed by atoms with Gasteiger partial charge in [0.15, 0.2) is 0 Å². The molecular weight excluding hydrogens is 289 g/mol. The zero-order valence-corrected chi connectivity index (χ0v) is 12.0. The standard InChI is InChI=1S/C14H13Cl2N.ClH/c15-13-7-3-1-5-11(13)9-17-10-12-6-2-4-8-14(12)16;/h1-8,17H,9-10H2;1H. The second-order valence-electron chi connectivity index (χ2n) is 3.79. The molecule has 0 fully saturated rings. The second-order valence-corrected chi connectivity index (χ2v) is 4.60. The molecule has 0 heterocycles. The van der Waals surface area contributed by atoms with E-state index in [0.29, 0.717) is 0 Å². The van der Waals surface area contributed by atoms with E-state index < -0.39 is 0 Å². The molecule has 1 nitrogen and oxygen atoms in total. The third-order valence-corrected chi connectivity index (χ3v) is 3.28. The predicted molar refractivity (Wildman–Crippen MR) is 80.7 cm³/mol. The Bertz CT molecular complexity index is 454. The van der Waals surface area contributed by atoms with Gasteiger partial charge in [-0.2, -0.15) is 0 Å². The molecule has 0 radical (unpaired) electrons. The molecule has 0 aromatic heterocycles. The lowest BCUT2D eigenvalue weighted by molar-refractivity contribution is 0.693. The zero-order chi connectivity index (χ0) is 12.1. The highest BCUT2D eigenvalue weighted by Gasteiger charge is 2.00. The number of halogens is 3. The number of benzene rings is 2. The summed E-state index contributed by atoms with van der Waals surface area (Å²) in [6.45, 7) is 1.48. The van der Waals surface area contributed by atoms with Gasteiger partial charge in [0.2, 0.25) is 0 Å². The van der Waals surface area contributed by atoms with Crippen molar-refractivity contribution in [2.75, 3.05) is 0 Å². The van der Waals surface area contributed by atoms with Crippen molar-refractivity contribution < 1.29 is 0 Å². The van der Waals surface area contributed by atoms with Crippen LogP contribution in [0.3, 0.4) is 0 Å². The van der Waals surface area contributed by atoms with E-state index in [2.05, 4.69) is 5.32 Å². The molecule has 0 bridgehead atoms. The Morgan fingerprint density at radius 1 is 0.722 bits per heavy atom. The van der Waals surface area contributed by atoms with Crippen molar-refractivity contribution in [1.29, 1.82) is 0 Å². The fourth-order valence-electron chi connectivity index (χ4n) is 1.62. The minimum absolute atomic E-state index is 0. The molecule has 0 amide bonds. The molecule has 2 rings (SSSR count). The quantitative estimate of drug-likeness (QED) is 0.863. The van der Waals surface area contributed by atoms with Gasteiger partial charge in [0.05, 0.1) is 0 Å². The van der Waals surface area contributed by atoms with E-state index in [-0.39, 0.29) is 12.4 Å². The van der Waals surface area contributed by atoms with Crippen LogP contribution in [0.2, 0.25) is 10.0 Å². The summed E-state index contributed by atoms with van der Waals surface area (Å²) in [7, 11) is 0. The molecule has 1 N–H and O–H groups in total. The molecule has 0 aliphatic rings. The van der Waals surface area contributed by atoms with Crippen molar-refractivity contribution in [3.8, 4) is 0 Å². The van der Waals surface area contributed by atoms with Crippen molar-refractivity contribution in [1.82, 2.24) is 5.32 Å². The fraction of sp³-hybridized carbons (Fsp3) is 0.143. The summed E-state index contributed by atoms with van der Waals surface area (Å²) in [5.74, 6) is 0. The van der Waals surface area contributed by atoms with Crippen molar-refractivity contribution in [3.63, 3.8) is 0 Å². The Kier molecular flexibility index (Phi) is 6.51. The van der Waals surface area contributed by atoms with Gasteiger partial charge in [-0.15, -0.1) is 12.4 Å². The van der Waals surface area contributed by atoms with Crippen LogP contribution < -0.4 is 5.32 Å². The first-order valence-electron chi connectivity index (χ1n) is 5.45. The zero-order valence-electron chi connectivity index (χ0n) is 9.70. The summed E-state index contributed by atoms with van der Waals surface area (Å²) in [5, 5.41) is 4.91. The maximum Gasteiger partial charge on any atom is 0.0450 e. The molecule has 0 saturated carbocycles. The highest BCUT2D eigenvalue weighted by molar-refractivity contribution is 6.31. The Morgan fingerprint density at radius 3 is 1.50 bits per heavy atom. The predicted octanol–water partition coefficient (Wildman–Crippen LogP) is 4.71. The molecular formula is C14H14Cl3N. The van der Waals surface area contributed by atoms with Crippen LogP contribution in [-0.2, 0) is 13.1 Å². The van der Waals surface area contributed by atoms with Gasteiger partial charge < -0.3 is 5.32 Å². The van der Waals surface area contributed by atoms with E-state index in [9.17, 15) is 0 Å². The Hall–Kier alpha value is -0.730. The lowest BCUT2D eigenvalue weighted by atomic mass is 10.2. The molecule has 2 aromatic carbocycles. The van der Waals surface area contributed by atoms with Gasteiger partial charge in [-0.1, -0.05) is 59.6 Å². The van der Waals surface area contributed by atoms with Gasteiger partial charge in [0.25, 0.3) is 0 Å². The Balaban J connectivity index is 0.00000162. The monoisotopic (exact) mass is 301 g/mol. The highest BCUT2D eigenvalue weighted by atomic mass is 35.5. The number of nitrogens with one attached hydrogen (secondary N) is 1. The maximum absolute atomic E-state index is 6.07. The van der Waals surface area contributed by atoms with Crippen LogP contribution in [0.25, 0.3) is 0 Å². The van der Waals surface area contributed by atoms with Crippen LogP contribution in [0.5, 0.6) is 0 Å². The van der Waals surface area contributed by atoms with E-state index in [1.165, 1.54) is 0 Å². The van der Waals surface area contributed by atoms with Gasteiger partial charge in [0.1, 0.15) is 0 Å². The van der Waals surface area contributed by atoms with Gasteiger partial charge in [-0.05, 0) is 23.3 Å². The Labute approximate surface area is 124 Å². The van der Waals surface area contributed by atoms with E-state index in [4.69, 9.17) is 23.2 Å². The molecule has 0 atom stereocenters. The van der Waals surface area contributed by atoms with Crippen LogP contribution in [0.1, 0.15) is 11.1 Å². The number of hydrogen-bond acceptors (Lipinski definition) is 1. The SMILES string of the molecule is Cl.Clc1ccccc1CNCc1ccccc1Cl. The van der Waals surface area contributed by atoms with Crippen LogP contribution >= 0.6 is 35.6 Å². The van der Waals surface area contributed by atoms with Gasteiger partial charge in [-0.3, -0.25) is 0 Å². The van der Waals surface area contributed by atoms with Crippen molar-refractivity contribution >= 4 is 35.6 Å². The molecule has 96 valence electrons. The molecule has 4 heteroatoms. The van der Waals surface area contributed by atoms with Crippen LogP contribution in [-0.4, -0.2) is 0 Å². The summed E-state index contributed by atoms with van der Waals surface area (Å²) in [6, 6.07) is 15.7. The van der Waals surface area contributed by atoms with Gasteiger partial charge in [-0.25, -0.2) is 0 Å². The summed E-state index contributed by atoms with van der Waals surface area (Å²) >= 11 is 12.1. The normalized spacial score (nSPS) is 9.89. The van der Waals surface area contributed by atoms with Gasteiger partial charge >= 0.3 is 0 Å². The largest absolute Gasteiger partial charge is 0.309 e. The van der Waals surface area contributed by atoms with Crippen molar-refractivity contribution in [2.24, 2.45) is 0 Å². The van der Waals surface area contributed by atoms with Gasteiger partial charge in [0, 0.05) is 23.1 Å². The average molecular weight is 303 g/mol. The minimum Gasteiger partial charge on any atom is -0.309 e. The summed E-state index contributed by atoms with van der Waals surface area (Å²) < 4.78 is 0. The van der Waals surface area contributed by atoms with E-state index >= 15 is 0 Å². The first kappa shape index (κ1) is 15.3. The summed E-state index contributed by atoms with van der Waals surface area (Å²) in [6.07, 6.45) is 0. The van der Waals surface area contributed by atoms with E-state index in [0.717, 1.165) is 34.3 Å². The first-order chi connectivity index (χ1) is 8.27. The van der Waals surface area contributed by atoms with E-state index in [1.54, 1.807) is 0 Å². The topological polar surface area (TPSA) is 12.0 Å². The molecule has 18 heavy (non-hydrogen) atoms. The molecule has 0 spiro atoms. The minimum atomic E-state index is 0. The molecule has 2 aromatic rings. The van der Waals surface area contributed by atoms with Crippen molar-refractivity contribution in [3.05, 3.63) is 69.7 Å². The molecule has 0 saturated heterocycles. The van der Waals surface area contributed by atoms with Crippen LogP contribution in [0.4, 0.5) is 0 Å². The molecule has 0 aliphatic heterocycles. The third kappa shape index (κ3) is 4.18. The molecule has 0 unspecified atom stereocenters. The Morgan fingerprint density at radius 2 is 1.11 bits per heavy atom.